The lowest BCUT2D eigenvalue weighted by Gasteiger charge is -2.30. The fourth-order valence-corrected chi connectivity index (χ4v) is 3.13. The van der Waals surface area contributed by atoms with Crippen molar-refractivity contribution in [3.63, 3.8) is 0 Å². The molecule has 0 amide bonds. The van der Waals surface area contributed by atoms with E-state index in [-0.39, 0.29) is 6.04 Å². The molecule has 0 spiro atoms. The van der Waals surface area contributed by atoms with E-state index < -0.39 is 6.17 Å². The maximum absolute atomic E-state index is 14.0. The van der Waals surface area contributed by atoms with Crippen molar-refractivity contribution in [2.75, 3.05) is 29.9 Å². The van der Waals surface area contributed by atoms with Crippen LogP contribution in [0.4, 0.5) is 15.9 Å². The Balaban J connectivity index is 1.82. The van der Waals surface area contributed by atoms with Crippen LogP contribution in [0.15, 0.2) is 30.9 Å². The summed E-state index contributed by atoms with van der Waals surface area (Å²) in [5.74, 6) is 0.731. The molecule has 1 aliphatic rings. The second-order valence-corrected chi connectivity index (χ2v) is 6.04. The van der Waals surface area contributed by atoms with E-state index in [1.54, 1.807) is 18.5 Å². The maximum atomic E-state index is 14.0. The molecule has 1 saturated heterocycles. The third-order valence-corrected chi connectivity index (χ3v) is 4.26. The summed E-state index contributed by atoms with van der Waals surface area (Å²) >= 11 is 0. The Morgan fingerprint density at radius 2 is 2.29 bits per heavy atom. The van der Waals surface area contributed by atoms with Crippen LogP contribution in [0, 0.1) is 18.3 Å². The topological polar surface area (TPSA) is 68.9 Å². The van der Waals surface area contributed by atoms with Gasteiger partial charge in [0.15, 0.2) is 0 Å². The zero-order valence-electron chi connectivity index (χ0n) is 13.7. The average molecular weight is 326 g/mol. The van der Waals surface area contributed by atoms with Gasteiger partial charge in [-0.05, 0) is 19.1 Å². The first-order valence-electron chi connectivity index (χ1n) is 7.83. The lowest BCUT2D eigenvalue weighted by Crippen LogP contribution is -2.39. The molecular formula is C17H19FN6. The Hall–Kier alpha value is -2.75. The summed E-state index contributed by atoms with van der Waals surface area (Å²) in [6.45, 7) is 2.82. The van der Waals surface area contributed by atoms with Crippen LogP contribution in [0.1, 0.15) is 17.7 Å². The second kappa shape index (κ2) is 6.79. The van der Waals surface area contributed by atoms with Gasteiger partial charge >= 0.3 is 0 Å². The fraction of sp³-hybridized carbons (Fsp3) is 0.412. The average Bonchev–Trinajstić information content (AvgIpc) is 2.96. The normalized spacial score (nSPS) is 20.0. The molecule has 1 aliphatic heterocycles. The Morgan fingerprint density at radius 1 is 1.46 bits per heavy atom. The molecule has 0 aromatic carbocycles. The zero-order valence-corrected chi connectivity index (χ0v) is 13.7. The van der Waals surface area contributed by atoms with Gasteiger partial charge in [-0.25, -0.2) is 14.4 Å². The molecule has 7 heteroatoms. The molecule has 0 saturated carbocycles. The van der Waals surface area contributed by atoms with Gasteiger partial charge in [-0.1, -0.05) is 0 Å². The molecule has 0 bridgehead atoms. The SMILES string of the molecule is Cc1cc(N(C)C[C@@H]2C[C@H](F)CN2c2ccncn2)c(C#N)cn1. The van der Waals surface area contributed by atoms with Crippen molar-refractivity contribution in [2.45, 2.75) is 25.6 Å². The predicted molar refractivity (Wildman–Crippen MR) is 89.6 cm³/mol. The first kappa shape index (κ1) is 16.1. The molecular weight excluding hydrogens is 307 g/mol. The quantitative estimate of drug-likeness (QED) is 0.857. The largest absolute Gasteiger partial charge is 0.371 e. The number of aryl methyl sites for hydroxylation is 1. The third-order valence-electron chi connectivity index (χ3n) is 4.26. The van der Waals surface area contributed by atoms with Crippen LogP contribution in [0.3, 0.4) is 0 Å². The highest BCUT2D eigenvalue weighted by Crippen LogP contribution is 2.28. The molecule has 6 nitrogen and oxygen atoms in total. The van der Waals surface area contributed by atoms with Crippen LogP contribution in [0.5, 0.6) is 0 Å². The molecule has 1 fully saturated rings. The van der Waals surface area contributed by atoms with Gasteiger partial charge in [0.2, 0.25) is 0 Å². The van der Waals surface area contributed by atoms with Crippen LogP contribution in [0.2, 0.25) is 0 Å². The number of nitrogens with zero attached hydrogens (tertiary/aromatic N) is 6. The van der Waals surface area contributed by atoms with Crippen molar-refractivity contribution in [2.24, 2.45) is 0 Å². The number of halogens is 1. The van der Waals surface area contributed by atoms with Gasteiger partial charge in [-0.3, -0.25) is 4.98 Å². The summed E-state index contributed by atoms with van der Waals surface area (Å²) in [5.41, 5.74) is 2.18. The number of anilines is 2. The van der Waals surface area contributed by atoms with Crippen molar-refractivity contribution < 1.29 is 4.39 Å². The minimum Gasteiger partial charge on any atom is -0.371 e. The first-order chi connectivity index (χ1) is 11.6. The predicted octanol–water partition coefficient (Wildman–Crippen LogP) is 2.10. The molecule has 0 aliphatic carbocycles. The standard InChI is InChI=1S/C17H19FN6/c1-12-5-16(13(7-19)8-21-12)23(2)10-15-6-14(18)9-24(15)17-3-4-20-11-22-17/h3-5,8,11,14-15H,6,9-10H2,1-2H3/t14-,15-/m0/s1. The number of alkyl halides is 1. The highest BCUT2D eigenvalue weighted by Gasteiger charge is 2.34. The monoisotopic (exact) mass is 326 g/mol. The number of nitriles is 1. The molecule has 0 unspecified atom stereocenters. The number of pyridine rings is 1. The van der Waals surface area contributed by atoms with Gasteiger partial charge in [0.1, 0.15) is 24.4 Å². The van der Waals surface area contributed by atoms with E-state index in [1.807, 2.05) is 29.8 Å². The van der Waals surface area contributed by atoms with Crippen molar-refractivity contribution in [3.8, 4) is 6.07 Å². The summed E-state index contributed by atoms with van der Waals surface area (Å²) in [6, 6.07) is 5.83. The summed E-state index contributed by atoms with van der Waals surface area (Å²) in [5, 5.41) is 9.29. The highest BCUT2D eigenvalue weighted by atomic mass is 19.1. The van der Waals surface area contributed by atoms with Gasteiger partial charge in [0, 0.05) is 38.1 Å². The van der Waals surface area contributed by atoms with E-state index >= 15 is 0 Å². The number of hydrogen-bond acceptors (Lipinski definition) is 6. The zero-order chi connectivity index (χ0) is 17.1. The number of rotatable bonds is 4. The van der Waals surface area contributed by atoms with E-state index in [0.717, 1.165) is 17.2 Å². The van der Waals surface area contributed by atoms with E-state index in [0.29, 0.717) is 25.1 Å². The van der Waals surface area contributed by atoms with Crippen LogP contribution in [-0.2, 0) is 0 Å². The van der Waals surface area contributed by atoms with Crippen LogP contribution in [0.25, 0.3) is 0 Å². The summed E-state index contributed by atoms with van der Waals surface area (Å²) in [7, 11) is 1.92. The summed E-state index contributed by atoms with van der Waals surface area (Å²) in [6.07, 6.45) is 4.28. The minimum atomic E-state index is -0.882. The maximum Gasteiger partial charge on any atom is 0.132 e. The Morgan fingerprint density at radius 3 is 3.00 bits per heavy atom. The Kier molecular flexibility index (Phi) is 4.56. The van der Waals surface area contributed by atoms with E-state index in [9.17, 15) is 9.65 Å². The molecule has 2 atom stereocenters. The molecule has 124 valence electrons. The van der Waals surface area contributed by atoms with Crippen molar-refractivity contribution in [3.05, 3.63) is 42.1 Å². The summed E-state index contributed by atoms with van der Waals surface area (Å²) < 4.78 is 14.0. The van der Waals surface area contributed by atoms with Crippen LogP contribution in [-0.4, -0.2) is 47.3 Å². The molecule has 2 aromatic heterocycles. The summed E-state index contributed by atoms with van der Waals surface area (Å²) in [4.78, 5) is 16.3. The van der Waals surface area contributed by atoms with Gasteiger partial charge in [0.25, 0.3) is 0 Å². The second-order valence-electron chi connectivity index (χ2n) is 6.04. The number of hydrogen-bond donors (Lipinski definition) is 0. The molecule has 3 rings (SSSR count). The highest BCUT2D eigenvalue weighted by molar-refractivity contribution is 5.59. The molecule has 0 N–H and O–H groups in total. The molecule has 0 radical (unpaired) electrons. The van der Waals surface area contributed by atoms with Crippen molar-refractivity contribution >= 4 is 11.5 Å². The fourth-order valence-electron chi connectivity index (χ4n) is 3.13. The van der Waals surface area contributed by atoms with Crippen LogP contribution >= 0.6 is 0 Å². The Bertz CT molecular complexity index is 744. The number of aromatic nitrogens is 3. The Labute approximate surface area is 140 Å². The van der Waals surface area contributed by atoms with E-state index in [2.05, 4.69) is 21.0 Å². The lowest BCUT2D eigenvalue weighted by atomic mass is 10.1. The van der Waals surface area contributed by atoms with Gasteiger partial charge in [0.05, 0.1) is 23.8 Å². The first-order valence-corrected chi connectivity index (χ1v) is 7.83. The van der Waals surface area contributed by atoms with E-state index in [4.69, 9.17) is 0 Å². The smallest absolute Gasteiger partial charge is 0.132 e. The van der Waals surface area contributed by atoms with Gasteiger partial charge < -0.3 is 9.80 Å². The number of likely N-dealkylation sites (N-methyl/N-ethyl adjacent to an activating group) is 1. The molecule has 24 heavy (non-hydrogen) atoms. The lowest BCUT2D eigenvalue weighted by molar-refractivity contribution is 0.356. The van der Waals surface area contributed by atoms with Gasteiger partial charge in [-0.15, -0.1) is 0 Å². The van der Waals surface area contributed by atoms with Crippen molar-refractivity contribution in [1.29, 1.82) is 5.26 Å². The minimum absolute atomic E-state index is 0.0140. The van der Waals surface area contributed by atoms with E-state index in [1.165, 1.54) is 6.33 Å². The molecule has 3 heterocycles. The van der Waals surface area contributed by atoms with Crippen LogP contribution < -0.4 is 9.80 Å². The molecule has 2 aromatic rings. The van der Waals surface area contributed by atoms with Crippen molar-refractivity contribution in [1.82, 2.24) is 15.0 Å². The van der Waals surface area contributed by atoms with Gasteiger partial charge in [-0.2, -0.15) is 5.26 Å². The third kappa shape index (κ3) is 3.27.